The number of para-hydroxylation sites is 1. The first-order valence-corrected chi connectivity index (χ1v) is 9.10. The number of benzene rings is 1. The maximum atomic E-state index is 12.0. The van der Waals surface area contributed by atoms with E-state index in [0.29, 0.717) is 30.5 Å². The van der Waals surface area contributed by atoms with Crippen molar-refractivity contribution in [1.29, 1.82) is 0 Å². The molecule has 1 atom stereocenters. The number of carbonyl (C=O) groups excluding carboxylic acids is 1. The molecule has 1 aliphatic rings. The summed E-state index contributed by atoms with van der Waals surface area (Å²) in [7, 11) is 0. The number of aromatic nitrogens is 1. The summed E-state index contributed by atoms with van der Waals surface area (Å²) in [6.07, 6.45) is 1.19. The Balaban J connectivity index is 1.21. The third-order valence-electron chi connectivity index (χ3n) is 4.53. The molecular formula is C20H22N2O5. The quantitative estimate of drug-likeness (QED) is 0.656. The second-order valence-corrected chi connectivity index (χ2v) is 6.74. The van der Waals surface area contributed by atoms with Crippen molar-refractivity contribution < 1.29 is 23.2 Å². The van der Waals surface area contributed by atoms with Gasteiger partial charge in [0.2, 0.25) is 5.91 Å². The van der Waals surface area contributed by atoms with Crippen molar-refractivity contribution in [2.24, 2.45) is 5.92 Å². The number of furan rings is 1. The van der Waals surface area contributed by atoms with Gasteiger partial charge in [-0.2, -0.15) is 0 Å². The van der Waals surface area contributed by atoms with Crippen molar-refractivity contribution in [2.75, 3.05) is 19.8 Å². The molecular weight excluding hydrogens is 348 g/mol. The predicted molar refractivity (Wildman–Crippen MR) is 96.8 cm³/mol. The molecule has 7 nitrogen and oxygen atoms in total. The van der Waals surface area contributed by atoms with Crippen molar-refractivity contribution in [3.05, 3.63) is 53.6 Å². The molecule has 3 aromatic rings. The molecule has 1 aliphatic heterocycles. The summed E-state index contributed by atoms with van der Waals surface area (Å²) in [6, 6.07) is 11.5. The van der Waals surface area contributed by atoms with Crippen LogP contribution in [0.1, 0.15) is 23.6 Å². The van der Waals surface area contributed by atoms with Crippen molar-refractivity contribution in [2.45, 2.75) is 26.1 Å². The monoisotopic (exact) mass is 370 g/mol. The first kappa shape index (κ1) is 17.8. The number of nitrogens with one attached hydrogen (secondary N) is 1. The third kappa shape index (κ3) is 4.75. The van der Waals surface area contributed by atoms with Crippen LogP contribution in [-0.2, 0) is 33.9 Å². The van der Waals surface area contributed by atoms with Crippen LogP contribution in [0.4, 0.5) is 0 Å². The number of fused-ring (bicyclic) bond motifs is 1. The Morgan fingerprint density at radius 1 is 1.22 bits per heavy atom. The molecule has 2 aromatic heterocycles. The number of carbonyl (C=O) groups is 1. The van der Waals surface area contributed by atoms with E-state index >= 15 is 0 Å². The zero-order chi connectivity index (χ0) is 18.5. The van der Waals surface area contributed by atoms with Gasteiger partial charge in [0.05, 0.1) is 18.7 Å². The molecule has 0 saturated carbocycles. The summed E-state index contributed by atoms with van der Waals surface area (Å²) in [5.74, 6) is 1.68. The Bertz CT molecular complexity index is 862. The SMILES string of the molecule is O=C(Cc1cc(COCc2cc3ccccc3o2)on1)NCC1CCOC1. The van der Waals surface area contributed by atoms with Crippen LogP contribution < -0.4 is 5.32 Å². The maximum Gasteiger partial charge on any atom is 0.226 e. The topological polar surface area (TPSA) is 86.7 Å². The fourth-order valence-corrected chi connectivity index (χ4v) is 3.10. The molecule has 3 heterocycles. The average Bonchev–Trinajstić information content (AvgIpc) is 3.41. The van der Waals surface area contributed by atoms with Gasteiger partial charge in [-0.05, 0) is 18.6 Å². The standard InChI is InChI=1S/C20H22N2O5/c23-20(21-10-14-5-6-24-11-14)9-16-8-18(27-22-16)13-25-12-17-7-15-3-1-2-4-19(15)26-17/h1-4,7-8,14H,5-6,9-13H2,(H,21,23). The van der Waals surface area contributed by atoms with Gasteiger partial charge in [0, 0.05) is 30.5 Å². The lowest BCUT2D eigenvalue weighted by Gasteiger charge is -2.08. The number of nitrogens with zero attached hydrogens (tertiary/aromatic N) is 1. The van der Waals surface area contributed by atoms with E-state index in [0.717, 1.165) is 36.4 Å². The van der Waals surface area contributed by atoms with E-state index in [9.17, 15) is 4.79 Å². The van der Waals surface area contributed by atoms with Gasteiger partial charge >= 0.3 is 0 Å². The van der Waals surface area contributed by atoms with Crippen LogP contribution in [0.3, 0.4) is 0 Å². The van der Waals surface area contributed by atoms with Gasteiger partial charge < -0.3 is 23.7 Å². The molecule has 27 heavy (non-hydrogen) atoms. The highest BCUT2D eigenvalue weighted by Crippen LogP contribution is 2.19. The summed E-state index contributed by atoms with van der Waals surface area (Å²) in [5.41, 5.74) is 1.44. The second-order valence-electron chi connectivity index (χ2n) is 6.74. The lowest BCUT2D eigenvalue weighted by molar-refractivity contribution is -0.120. The summed E-state index contributed by atoms with van der Waals surface area (Å²) in [5, 5.41) is 7.90. The van der Waals surface area contributed by atoms with E-state index in [1.807, 2.05) is 30.3 Å². The van der Waals surface area contributed by atoms with Gasteiger partial charge in [-0.3, -0.25) is 4.79 Å². The zero-order valence-electron chi connectivity index (χ0n) is 15.0. The molecule has 1 aromatic carbocycles. The highest BCUT2D eigenvalue weighted by molar-refractivity contribution is 5.78. The number of ether oxygens (including phenoxy) is 2. The van der Waals surface area contributed by atoms with Crippen molar-refractivity contribution in [3.8, 4) is 0 Å². The molecule has 0 aliphatic carbocycles. The van der Waals surface area contributed by atoms with E-state index in [-0.39, 0.29) is 18.9 Å². The smallest absolute Gasteiger partial charge is 0.226 e. The minimum absolute atomic E-state index is 0.0649. The number of rotatable bonds is 8. The van der Waals surface area contributed by atoms with Crippen LogP contribution >= 0.6 is 0 Å². The lowest BCUT2D eigenvalue weighted by Crippen LogP contribution is -2.30. The maximum absolute atomic E-state index is 12.0. The number of hydrogen-bond donors (Lipinski definition) is 1. The van der Waals surface area contributed by atoms with Gasteiger partial charge in [-0.15, -0.1) is 0 Å². The summed E-state index contributed by atoms with van der Waals surface area (Å²) < 4.78 is 21.9. The zero-order valence-corrected chi connectivity index (χ0v) is 15.0. The van der Waals surface area contributed by atoms with Crippen LogP contribution in [-0.4, -0.2) is 30.8 Å². The molecule has 142 valence electrons. The molecule has 1 unspecified atom stereocenters. The van der Waals surface area contributed by atoms with Crippen LogP contribution in [0.2, 0.25) is 0 Å². The molecule has 0 spiro atoms. The Kier molecular flexibility index (Phi) is 5.50. The van der Waals surface area contributed by atoms with E-state index in [4.69, 9.17) is 18.4 Å². The van der Waals surface area contributed by atoms with Gasteiger partial charge in [0.15, 0.2) is 5.76 Å². The summed E-state index contributed by atoms with van der Waals surface area (Å²) in [4.78, 5) is 12.0. The minimum Gasteiger partial charge on any atom is -0.459 e. The highest BCUT2D eigenvalue weighted by Gasteiger charge is 2.17. The molecule has 1 N–H and O–H groups in total. The molecule has 7 heteroatoms. The molecule has 1 fully saturated rings. The predicted octanol–water partition coefficient (Wildman–Crippen LogP) is 2.83. The van der Waals surface area contributed by atoms with E-state index in [1.54, 1.807) is 6.07 Å². The Morgan fingerprint density at radius 2 is 2.11 bits per heavy atom. The normalized spacial score (nSPS) is 16.8. The van der Waals surface area contributed by atoms with Crippen LogP contribution in [0, 0.1) is 5.92 Å². The van der Waals surface area contributed by atoms with Gasteiger partial charge in [-0.25, -0.2) is 0 Å². The summed E-state index contributed by atoms with van der Waals surface area (Å²) >= 11 is 0. The summed E-state index contributed by atoms with van der Waals surface area (Å²) in [6.45, 7) is 2.75. The fourth-order valence-electron chi connectivity index (χ4n) is 3.10. The van der Waals surface area contributed by atoms with Crippen molar-refractivity contribution in [1.82, 2.24) is 10.5 Å². The second kappa shape index (κ2) is 8.37. The third-order valence-corrected chi connectivity index (χ3v) is 4.53. The van der Waals surface area contributed by atoms with Crippen LogP contribution in [0.15, 0.2) is 45.3 Å². The molecule has 0 radical (unpaired) electrons. The van der Waals surface area contributed by atoms with Crippen LogP contribution in [0.25, 0.3) is 11.0 Å². The van der Waals surface area contributed by atoms with Gasteiger partial charge in [-0.1, -0.05) is 23.4 Å². The number of hydrogen-bond acceptors (Lipinski definition) is 6. The minimum atomic E-state index is -0.0649. The largest absolute Gasteiger partial charge is 0.459 e. The van der Waals surface area contributed by atoms with Crippen LogP contribution in [0.5, 0.6) is 0 Å². The lowest BCUT2D eigenvalue weighted by atomic mass is 10.1. The first-order valence-electron chi connectivity index (χ1n) is 9.10. The molecule has 1 amide bonds. The highest BCUT2D eigenvalue weighted by atomic mass is 16.5. The van der Waals surface area contributed by atoms with E-state index < -0.39 is 0 Å². The van der Waals surface area contributed by atoms with Gasteiger partial charge in [0.25, 0.3) is 0 Å². The van der Waals surface area contributed by atoms with Crippen molar-refractivity contribution >= 4 is 16.9 Å². The van der Waals surface area contributed by atoms with Crippen molar-refractivity contribution in [3.63, 3.8) is 0 Å². The molecule has 1 saturated heterocycles. The van der Waals surface area contributed by atoms with Gasteiger partial charge in [0.1, 0.15) is 24.6 Å². The Hall–Kier alpha value is -2.64. The first-order chi connectivity index (χ1) is 13.3. The fraction of sp³-hybridized carbons (Fsp3) is 0.400. The Labute approximate surface area is 156 Å². The average molecular weight is 370 g/mol. The number of amides is 1. The van der Waals surface area contributed by atoms with E-state index in [2.05, 4.69) is 10.5 Å². The Morgan fingerprint density at radius 3 is 2.96 bits per heavy atom. The molecule has 4 rings (SSSR count). The van der Waals surface area contributed by atoms with E-state index in [1.165, 1.54) is 0 Å². The molecule has 0 bridgehead atoms.